The number of benzene rings is 1. The van der Waals surface area contributed by atoms with E-state index in [9.17, 15) is 18.4 Å². The number of anilines is 1. The summed E-state index contributed by atoms with van der Waals surface area (Å²) >= 11 is 0. The number of rotatable bonds is 6. The molecule has 2 aromatic heterocycles. The molecule has 0 saturated carbocycles. The molecule has 11 heteroatoms. The molecule has 1 aliphatic rings. The SMILES string of the molecule is O=C(NCc1noc([C@@H]2CCC(=O)N2Cc2ccncc2)n1)Nc1ccc(F)c(F)c1. The number of hydrogen-bond acceptors (Lipinski definition) is 6. The summed E-state index contributed by atoms with van der Waals surface area (Å²) in [5.41, 5.74) is 1.03. The van der Waals surface area contributed by atoms with Gasteiger partial charge in [-0.25, -0.2) is 13.6 Å². The van der Waals surface area contributed by atoms with E-state index in [-0.39, 0.29) is 35.9 Å². The molecule has 0 spiro atoms. The number of aromatic nitrogens is 3. The molecule has 3 amide bonds. The summed E-state index contributed by atoms with van der Waals surface area (Å²) in [4.78, 5) is 34.2. The molecule has 4 rings (SSSR count). The fourth-order valence-corrected chi connectivity index (χ4v) is 3.26. The number of nitrogens with one attached hydrogen (secondary N) is 2. The van der Waals surface area contributed by atoms with Crippen LogP contribution in [0, 0.1) is 11.6 Å². The van der Waals surface area contributed by atoms with E-state index in [1.54, 1.807) is 17.3 Å². The average molecular weight is 428 g/mol. The first-order valence-corrected chi connectivity index (χ1v) is 9.50. The molecule has 0 aliphatic carbocycles. The number of amides is 3. The molecule has 1 aromatic carbocycles. The number of urea groups is 1. The van der Waals surface area contributed by atoms with Gasteiger partial charge in [0.25, 0.3) is 0 Å². The Kier molecular flexibility index (Phi) is 5.83. The number of carbonyl (C=O) groups is 2. The minimum atomic E-state index is -1.07. The Hall–Kier alpha value is -3.89. The van der Waals surface area contributed by atoms with E-state index in [0.29, 0.717) is 19.4 Å². The fourth-order valence-electron chi connectivity index (χ4n) is 3.26. The van der Waals surface area contributed by atoms with Crippen molar-refractivity contribution in [3.05, 3.63) is 71.6 Å². The Morgan fingerprint density at radius 1 is 1.19 bits per heavy atom. The first kappa shape index (κ1) is 20.4. The molecule has 0 bridgehead atoms. The van der Waals surface area contributed by atoms with Gasteiger partial charge in [0.2, 0.25) is 11.8 Å². The molecule has 3 aromatic rings. The summed E-state index contributed by atoms with van der Waals surface area (Å²) in [6, 6.07) is 5.69. The molecule has 1 aliphatic heterocycles. The zero-order valence-electron chi connectivity index (χ0n) is 16.2. The van der Waals surface area contributed by atoms with Crippen molar-refractivity contribution in [1.82, 2.24) is 25.3 Å². The maximum atomic E-state index is 13.2. The standard InChI is InChI=1S/C20H18F2N6O3/c21-14-2-1-13(9-15(14)22)25-20(30)24-10-17-26-19(31-27-17)16-3-4-18(29)28(16)11-12-5-7-23-8-6-12/h1-2,5-9,16H,3-4,10-11H2,(H2,24,25,30)/t16-/m0/s1. The Morgan fingerprint density at radius 3 is 2.77 bits per heavy atom. The lowest BCUT2D eigenvalue weighted by atomic mass is 10.2. The maximum absolute atomic E-state index is 13.2. The third-order valence-corrected chi connectivity index (χ3v) is 4.78. The monoisotopic (exact) mass is 428 g/mol. The predicted molar refractivity (Wildman–Crippen MR) is 103 cm³/mol. The van der Waals surface area contributed by atoms with Gasteiger partial charge in [0, 0.05) is 37.1 Å². The van der Waals surface area contributed by atoms with Gasteiger partial charge in [0.15, 0.2) is 17.5 Å². The highest BCUT2D eigenvalue weighted by Gasteiger charge is 2.35. The quantitative estimate of drug-likeness (QED) is 0.624. The van der Waals surface area contributed by atoms with Gasteiger partial charge >= 0.3 is 6.03 Å². The minimum absolute atomic E-state index is 0.00871. The zero-order chi connectivity index (χ0) is 21.8. The van der Waals surface area contributed by atoms with Gasteiger partial charge < -0.3 is 20.1 Å². The third-order valence-electron chi connectivity index (χ3n) is 4.78. The summed E-state index contributed by atoms with van der Waals surface area (Å²) < 4.78 is 31.5. The minimum Gasteiger partial charge on any atom is -0.337 e. The number of carbonyl (C=O) groups excluding carboxylic acids is 2. The van der Waals surface area contributed by atoms with E-state index < -0.39 is 17.7 Å². The van der Waals surface area contributed by atoms with E-state index in [1.807, 2.05) is 12.1 Å². The van der Waals surface area contributed by atoms with Crippen LogP contribution in [-0.4, -0.2) is 32.0 Å². The maximum Gasteiger partial charge on any atom is 0.319 e. The van der Waals surface area contributed by atoms with Crippen molar-refractivity contribution in [3.63, 3.8) is 0 Å². The topological polar surface area (TPSA) is 113 Å². The first-order valence-electron chi connectivity index (χ1n) is 9.50. The van der Waals surface area contributed by atoms with Crippen molar-refractivity contribution in [3.8, 4) is 0 Å². The van der Waals surface area contributed by atoms with Crippen LogP contribution in [0.4, 0.5) is 19.3 Å². The summed E-state index contributed by atoms with van der Waals surface area (Å²) in [7, 11) is 0. The Bertz CT molecular complexity index is 1090. The second-order valence-corrected chi connectivity index (χ2v) is 6.92. The highest BCUT2D eigenvalue weighted by atomic mass is 19.2. The number of halogens is 2. The normalized spacial score (nSPS) is 15.9. The molecular weight excluding hydrogens is 410 g/mol. The summed E-state index contributed by atoms with van der Waals surface area (Å²) in [6.07, 6.45) is 4.25. The van der Waals surface area contributed by atoms with Gasteiger partial charge in [-0.1, -0.05) is 5.16 Å². The van der Waals surface area contributed by atoms with Crippen molar-refractivity contribution in [2.75, 3.05) is 5.32 Å². The molecule has 1 fully saturated rings. The van der Waals surface area contributed by atoms with E-state index >= 15 is 0 Å². The van der Waals surface area contributed by atoms with Crippen LogP contribution in [0.5, 0.6) is 0 Å². The summed E-state index contributed by atoms with van der Waals surface area (Å²) in [5.74, 6) is -1.57. The van der Waals surface area contributed by atoms with E-state index in [4.69, 9.17) is 4.52 Å². The van der Waals surface area contributed by atoms with Gasteiger partial charge in [-0.3, -0.25) is 9.78 Å². The van der Waals surface area contributed by atoms with Crippen LogP contribution in [0.25, 0.3) is 0 Å². The molecule has 31 heavy (non-hydrogen) atoms. The van der Waals surface area contributed by atoms with Crippen molar-refractivity contribution < 1.29 is 22.9 Å². The van der Waals surface area contributed by atoms with Crippen LogP contribution in [0.3, 0.4) is 0 Å². The van der Waals surface area contributed by atoms with Gasteiger partial charge in [-0.15, -0.1) is 0 Å². The number of likely N-dealkylation sites (tertiary alicyclic amines) is 1. The third kappa shape index (κ3) is 4.82. The van der Waals surface area contributed by atoms with Gasteiger partial charge in [0.1, 0.15) is 6.04 Å². The van der Waals surface area contributed by atoms with Crippen LogP contribution in [0.15, 0.2) is 47.2 Å². The van der Waals surface area contributed by atoms with Crippen LogP contribution in [0.2, 0.25) is 0 Å². The van der Waals surface area contributed by atoms with E-state index in [2.05, 4.69) is 25.8 Å². The Labute approximate surface area is 175 Å². The van der Waals surface area contributed by atoms with Crippen molar-refractivity contribution in [1.29, 1.82) is 0 Å². The van der Waals surface area contributed by atoms with Crippen LogP contribution < -0.4 is 10.6 Å². The van der Waals surface area contributed by atoms with Gasteiger partial charge in [-0.2, -0.15) is 4.98 Å². The molecule has 2 N–H and O–H groups in total. The van der Waals surface area contributed by atoms with Crippen molar-refractivity contribution in [2.45, 2.75) is 32.0 Å². The molecule has 0 radical (unpaired) electrons. The largest absolute Gasteiger partial charge is 0.337 e. The highest BCUT2D eigenvalue weighted by molar-refractivity contribution is 5.89. The lowest BCUT2D eigenvalue weighted by Crippen LogP contribution is -2.29. The molecule has 9 nitrogen and oxygen atoms in total. The first-order chi connectivity index (χ1) is 15.0. The molecule has 1 atom stereocenters. The Morgan fingerprint density at radius 2 is 2.00 bits per heavy atom. The number of hydrogen-bond donors (Lipinski definition) is 2. The van der Waals surface area contributed by atoms with Crippen LogP contribution >= 0.6 is 0 Å². The van der Waals surface area contributed by atoms with Crippen molar-refractivity contribution >= 4 is 17.6 Å². The molecule has 0 unspecified atom stereocenters. The second kappa shape index (κ2) is 8.86. The van der Waals surface area contributed by atoms with E-state index in [0.717, 1.165) is 17.7 Å². The highest BCUT2D eigenvalue weighted by Crippen LogP contribution is 2.33. The zero-order valence-corrected chi connectivity index (χ0v) is 16.2. The van der Waals surface area contributed by atoms with Crippen molar-refractivity contribution in [2.24, 2.45) is 0 Å². The molecular formula is C20H18F2N6O3. The lowest BCUT2D eigenvalue weighted by Gasteiger charge is -2.21. The average Bonchev–Trinajstić information content (AvgIpc) is 3.37. The molecule has 3 heterocycles. The van der Waals surface area contributed by atoms with Crippen LogP contribution in [-0.2, 0) is 17.9 Å². The van der Waals surface area contributed by atoms with Gasteiger partial charge in [-0.05, 0) is 36.2 Å². The Balaban J connectivity index is 1.35. The fraction of sp³-hybridized carbons (Fsp3) is 0.250. The van der Waals surface area contributed by atoms with E-state index in [1.165, 1.54) is 6.07 Å². The second-order valence-electron chi connectivity index (χ2n) is 6.92. The smallest absolute Gasteiger partial charge is 0.319 e. The lowest BCUT2D eigenvalue weighted by molar-refractivity contribution is -0.130. The number of pyridine rings is 1. The molecule has 1 saturated heterocycles. The predicted octanol–water partition coefficient (Wildman–Crippen LogP) is 2.93. The molecule has 160 valence electrons. The van der Waals surface area contributed by atoms with Gasteiger partial charge in [0.05, 0.1) is 6.54 Å². The summed E-state index contributed by atoms with van der Waals surface area (Å²) in [6.45, 7) is 0.350. The van der Waals surface area contributed by atoms with Crippen LogP contribution in [0.1, 0.15) is 36.2 Å². The summed E-state index contributed by atoms with van der Waals surface area (Å²) in [5, 5.41) is 8.73. The number of nitrogens with zero attached hydrogens (tertiary/aromatic N) is 4.